The van der Waals surface area contributed by atoms with Crippen molar-refractivity contribution >= 4 is 34.1 Å². The number of fused-ring (bicyclic) bond motifs is 1. The second kappa shape index (κ2) is 5.26. The fourth-order valence-electron chi connectivity index (χ4n) is 2.60. The lowest BCUT2D eigenvalue weighted by Crippen LogP contribution is -2.57. The van der Waals surface area contributed by atoms with Gasteiger partial charge in [0.1, 0.15) is 6.04 Å². The molecule has 0 bridgehead atoms. The van der Waals surface area contributed by atoms with E-state index in [1.165, 1.54) is 0 Å². The Hall–Kier alpha value is -1.85. The van der Waals surface area contributed by atoms with Crippen molar-refractivity contribution in [1.29, 1.82) is 0 Å². The molecule has 6 heteroatoms. The van der Waals surface area contributed by atoms with E-state index in [4.69, 9.17) is 17.3 Å². The Balaban J connectivity index is 2.10. The second-order valence-electron chi connectivity index (χ2n) is 4.81. The summed E-state index contributed by atoms with van der Waals surface area (Å²) in [5.74, 6) is -0.323. The van der Waals surface area contributed by atoms with Crippen LogP contribution in [0.4, 0.5) is 5.69 Å². The molecule has 3 rings (SSSR count). The van der Waals surface area contributed by atoms with Crippen LogP contribution in [0.5, 0.6) is 0 Å². The molecule has 1 aromatic carbocycles. The summed E-state index contributed by atoms with van der Waals surface area (Å²) in [5, 5.41) is 4.82. The van der Waals surface area contributed by atoms with Crippen molar-refractivity contribution in [1.82, 2.24) is 10.3 Å². The van der Waals surface area contributed by atoms with Crippen LogP contribution in [0, 0.1) is 0 Å². The number of nitrogens with zero attached hydrogens (tertiary/aromatic N) is 2. The third-order valence-corrected chi connectivity index (χ3v) is 3.80. The number of piperazine rings is 1. The Labute approximate surface area is 121 Å². The van der Waals surface area contributed by atoms with Gasteiger partial charge >= 0.3 is 0 Å². The van der Waals surface area contributed by atoms with E-state index < -0.39 is 0 Å². The van der Waals surface area contributed by atoms with E-state index in [0.29, 0.717) is 11.6 Å². The molecule has 0 aliphatic carbocycles. The Bertz CT molecular complexity index is 661. The third kappa shape index (κ3) is 2.30. The summed E-state index contributed by atoms with van der Waals surface area (Å²) in [5.41, 5.74) is 7.29. The summed E-state index contributed by atoms with van der Waals surface area (Å²) in [4.78, 5) is 18.0. The summed E-state index contributed by atoms with van der Waals surface area (Å²) in [6, 6.07) is 7.15. The number of amides is 1. The van der Waals surface area contributed by atoms with Gasteiger partial charge in [0, 0.05) is 41.9 Å². The van der Waals surface area contributed by atoms with Crippen LogP contribution in [0.25, 0.3) is 10.9 Å². The topological polar surface area (TPSA) is 71.2 Å². The number of carbonyl (C=O) groups is 1. The van der Waals surface area contributed by atoms with Crippen LogP contribution < -0.4 is 16.0 Å². The first-order chi connectivity index (χ1) is 9.66. The number of benzene rings is 1. The summed E-state index contributed by atoms with van der Waals surface area (Å²) in [6.07, 6.45) is 1.73. The number of nitrogens with two attached hydrogens (primary N) is 1. The number of halogens is 1. The molecule has 0 radical (unpaired) electrons. The predicted octanol–water partition coefficient (Wildman–Crippen LogP) is 1.15. The zero-order valence-corrected chi connectivity index (χ0v) is 11.6. The van der Waals surface area contributed by atoms with Gasteiger partial charge in [-0.15, -0.1) is 0 Å². The number of aromatic nitrogens is 1. The molecular weight excluding hydrogens is 276 g/mol. The molecule has 3 N–H and O–H groups in total. The second-order valence-corrected chi connectivity index (χ2v) is 5.24. The van der Waals surface area contributed by atoms with Crippen molar-refractivity contribution in [3.63, 3.8) is 0 Å². The minimum Gasteiger partial charge on any atom is -0.368 e. The number of carbonyl (C=O) groups excluding carboxylic acids is 1. The molecule has 1 atom stereocenters. The highest BCUT2D eigenvalue weighted by molar-refractivity contribution is 6.31. The van der Waals surface area contributed by atoms with Crippen molar-refractivity contribution in [3.05, 3.63) is 35.5 Å². The first-order valence-corrected chi connectivity index (χ1v) is 6.85. The van der Waals surface area contributed by atoms with Crippen LogP contribution in [0.15, 0.2) is 30.5 Å². The van der Waals surface area contributed by atoms with Gasteiger partial charge in [0.05, 0.1) is 5.52 Å². The maximum atomic E-state index is 11.6. The van der Waals surface area contributed by atoms with E-state index in [9.17, 15) is 4.79 Å². The van der Waals surface area contributed by atoms with E-state index in [2.05, 4.69) is 10.3 Å². The van der Waals surface area contributed by atoms with Gasteiger partial charge in [-0.25, -0.2) is 0 Å². The molecule has 5 nitrogen and oxygen atoms in total. The molecular formula is C14H15ClN4O. The smallest absolute Gasteiger partial charge is 0.241 e. The van der Waals surface area contributed by atoms with Gasteiger partial charge in [0.25, 0.3) is 0 Å². The van der Waals surface area contributed by atoms with E-state index in [1.807, 2.05) is 29.2 Å². The molecule has 1 amide bonds. The average Bonchev–Trinajstić information content (AvgIpc) is 2.46. The summed E-state index contributed by atoms with van der Waals surface area (Å²) in [7, 11) is 0. The first-order valence-electron chi connectivity index (χ1n) is 6.48. The number of rotatable bonds is 2. The van der Waals surface area contributed by atoms with Crippen LogP contribution in [0.1, 0.15) is 0 Å². The molecule has 1 aliphatic rings. The van der Waals surface area contributed by atoms with E-state index in [1.54, 1.807) is 6.20 Å². The molecule has 0 spiro atoms. The summed E-state index contributed by atoms with van der Waals surface area (Å²) >= 11 is 6.00. The molecule has 104 valence electrons. The van der Waals surface area contributed by atoms with E-state index >= 15 is 0 Å². The largest absolute Gasteiger partial charge is 0.368 e. The summed E-state index contributed by atoms with van der Waals surface area (Å²) < 4.78 is 0. The van der Waals surface area contributed by atoms with Gasteiger partial charge in [0.15, 0.2) is 0 Å². The number of pyridine rings is 1. The minimum absolute atomic E-state index is 0.323. The maximum absolute atomic E-state index is 11.6. The molecule has 1 saturated heterocycles. The van der Waals surface area contributed by atoms with Gasteiger partial charge in [-0.05, 0) is 24.3 Å². The van der Waals surface area contributed by atoms with Crippen molar-refractivity contribution in [2.24, 2.45) is 5.73 Å². The van der Waals surface area contributed by atoms with Gasteiger partial charge in [-0.3, -0.25) is 9.78 Å². The lowest BCUT2D eigenvalue weighted by Gasteiger charge is -2.36. The predicted molar refractivity (Wildman–Crippen MR) is 80.0 cm³/mol. The lowest BCUT2D eigenvalue weighted by molar-refractivity contribution is -0.119. The highest BCUT2D eigenvalue weighted by Gasteiger charge is 2.28. The quantitative estimate of drug-likeness (QED) is 0.870. The minimum atomic E-state index is -0.343. The third-order valence-electron chi connectivity index (χ3n) is 3.56. The number of primary amides is 1. The highest BCUT2D eigenvalue weighted by atomic mass is 35.5. The number of nitrogens with one attached hydrogen (secondary N) is 1. The average molecular weight is 291 g/mol. The van der Waals surface area contributed by atoms with E-state index in [-0.39, 0.29) is 11.9 Å². The molecule has 20 heavy (non-hydrogen) atoms. The van der Waals surface area contributed by atoms with Crippen LogP contribution in [-0.2, 0) is 4.79 Å². The fraction of sp³-hybridized carbons (Fsp3) is 0.286. The van der Waals surface area contributed by atoms with Crippen molar-refractivity contribution in [2.75, 3.05) is 24.5 Å². The fourth-order valence-corrected chi connectivity index (χ4v) is 2.77. The molecule has 0 saturated carbocycles. The Morgan fingerprint density at radius 2 is 2.30 bits per heavy atom. The molecule has 1 aromatic heterocycles. The number of anilines is 1. The standard InChI is InChI=1S/C14H15ClN4O/c15-9-1-2-10-11(7-9)18-4-3-12(10)19-6-5-17-8-13(19)14(16)20/h1-4,7,13,17H,5-6,8H2,(H2,16,20). The molecule has 1 aliphatic heterocycles. The van der Waals surface area contributed by atoms with Crippen molar-refractivity contribution in [2.45, 2.75) is 6.04 Å². The normalized spacial score (nSPS) is 19.2. The van der Waals surface area contributed by atoms with Gasteiger partial charge in [-0.1, -0.05) is 11.6 Å². The summed E-state index contributed by atoms with van der Waals surface area (Å²) in [6.45, 7) is 2.11. The van der Waals surface area contributed by atoms with Crippen molar-refractivity contribution < 1.29 is 4.79 Å². The van der Waals surface area contributed by atoms with Crippen LogP contribution >= 0.6 is 11.6 Å². The Kier molecular flexibility index (Phi) is 3.46. The zero-order chi connectivity index (χ0) is 14.1. The lowest BCUT2D eigenvalue weighted by atomic mass is 10.1. The zero-order valence-electron chi connectivity index (χ0n) is 10.8. The number of hydrogen-bond donors (Lipinski definition) is 2. The maximum Gasteiger partial charge on any atom is 0.241 e. The van der Waals surface area contributed by atoms with Crippen molar-refractivity contribution in [3.8, 4) is 0 Å². The Morgan fingerprint density at radius 1 is 1.45 bits per heavy atom. The molecule has 2 heterocycles. The first kappa shape index (κ1) is 13.1. The van der Waals surface area contributed by atoms with Gasteiger partial charge in [0.2, 0.25) is 5.91 Å². The molecule has 2 aromatic rings. The van der Waals surface area contributed by atoms with E-state index in [0.717, 1.165) is 29.7 Å². The molecule has 1 unspecified atom stereocenters. The van der Waals surface area contributed by atoms with Gasteiger partial charge < -0.3 is 16.0 Å². The van der Waals surface area contributed by atoms with Crippen LogP contribution in [0.2, 0.25) is 5.02 Å². The van der Waals surface area contributed by atoms with Crippen LogP contribution in [-0.4, -0.2) is 36.6 Å². The molecule has 1 fully saturated rings. The monoisotopic (exact) mass is 290 g/mol. The Morgan fingerprint density at radius 3 is 3.10 bits per heavy atom. The van der Waals surface area contributed by atoms with Gasteiger partial charge in [-0.2, -0.15) is 0 Å². The highest BCUT2D eigenvalue weighted by Crippen LogP contribution is 2.29. The van der Waals surface area contributed by atoms with Crippen LogP contribution in [0.3, 0.4) is 0 Å². The number of hydrogen-bond acceptors (Lipinski definition) is 4. The SMILES string of the molecule is NC(=O)C1CNCCN1c1ccnc2cc(Cl)ccc12.